The van der Waals surface area contributed by atoms with E-state index in [1.165, 1.54) is 10.6 Å². The number of aryl methyl sites for hydroxylation is 3. The maximum atomic E-state index is 13.1. The molecule has 182 valence electrons. The number of pyridine rings is 1. The van der Waals surface area contributed by atoms with Crippen LogP contribution in [0.5, 0.6) is 0 Å². The molecular weight excluding hydrogens is 459 g/mol. The summed E-state index contributed by atoms with van der Waals surface area (Å²) in [6.45, 7) is 5.58. The molecule has 3 atom stereocenters. The first-order valence-corrected chi connectivity index (χ1v) is 11.4. The van der Waals surface area contributed by atoms with Crippen LogP contribution < -0.4 is 5.56 Å². The molecule has 10 heteroatoms. The topological polar surface area (TPSA) is 82.8 Å². The molecule has 0 bridgehead atoms. The number of rotatable bonds is 3. The van der Waals surface area contributed by atoms with Crippen molar-refractivity contribution in [2.24, 2.45) is 7.05 Å². The number of alkyl halides is 3. The van der Waals surface area contributed by atoms with Crippen LogP contribution in [0.2, 0.25) is 0 Å². The van der Waals surface area contributed by atoms with Gasteiger partial charge in [0.2, 0.25) is 5.56 Å². The molecule has 1 aliphatic heterocycles. The third kappa shape index (κ3) is 4.39. The van der Waals surface area contributed by atoms with Gasteiger partial charge in [0.15, 0.2) is 5.65 Å². The Morgan fingerprint density at radius 3 is 2.49 bits per heavy atom. The Labute approximate surface area is 199 Å². The summed E-state index contributed by atoms with van der Waals surface area (Å²) in [6.07, 6.45) is -2.09. The first-order chi connectivity index (χ1) is 16.5. The van der Waals surface area contributed by atoms with Gasteiger partial charge in [0.1, 0.15) is 17.0 Å². The van der Waals surface area contributed by atoms with Crippen molar-refractivity contribution in [3.8, 4) is 0 Å². The molecule has 0 radical (unpaired) electrons. The van der Waals surface area contributed by atoms with Crippen molar-refractivity contribution in [3.63, 3.8) is 0 Å². The quantitative estimate of drug-likeness (QED) is 0.505. The number of halogens is 3. The molecule has 2 aliphatic rings. The van der Waals surface area contributed by atoms with Gasteiger partial charge in [-0.05, 0) is 45.2 Å². The summed E-state index contributed by atoms with van der Waals surface area (Å²) >= 11 is 0. The maximum absolute atomic E-state index is 13.1. The molecule has 0 unspecified atom stereocenters. The third-order valence-electron chi connectivity index (χ3n) is 6.60. The van der Waals surface area contributed by atoms with Crippen molar-refractivity contribution >= 4 is 16.7 Å². The van der Waals surface area contributed by atoms with E-state index in [0.717, 1.165) is 5.56 Å². The predicted octanol–water partition coefficient (Wildman–Crippen LogP) is 4.63. The van der Waals surface area contributed by atoms with E-state index in [0.29, 0.717) is 52.5 Å². The van der Waals surface area contributed by atoms with Crippen molar-refractivity contribution in [3.05, 3.63) is 68.5 Å². The molecule has 0 spiro atoms. The Hall–Kier alpha value is -3.36. The average Bonchev–Trinajstić information content (AvgIpc) is 2.74. The van der Waals surface area contributed by atoms with Crippen molar-refractivity contribution in [2.45, 2.75) is 64.3 Å². The Morgan fingerprint density at radius 1 is 1.09 bits per heavy atom. The molecule has 3 aromatic rings. The van der Waals surface area contributed by atoms with Crippen molar-refractivity contribution in [1.82, 2.24) is 24.5 Å². The zero-order valence-electron chi connectivity index (χ0n) is 19.8. The van der Waals surface area contributed by atoms with E-state index in [9.17, 15) is 18.0 Å². The molecule has 35 heavy (non-hydrogen) atoms. The highest BCUT2D eigenvalue weighted by molar-refractivity contribution is 5.87. The molecule has 4 heterocycles. The van der Waals surface area contributed by atoms with E-state index in [2.05, 4.69) is 15.7 Å². The van der Waals surface area contributed by atoms with Gasteiger partial charge in [-0.3, -0.25) is 4.79 Å². The number of allylic oxidation sites excluding steroid dienone is 1. The van der Waals surface area contributed by atoms with Crippen LogP contribution in [0.4, 0.5) is 13.2 Å². The lowest BCUT2D eigenvalue weighted by Crippen LogP contribution is -2.27. The minimum absolute atomic E-state index is 0.107. The second-order valence-electron chi connectivity index (χ2n) is 9.27. The molecule has 0 amide bonds. The summed E-state index contributed by atoms with van der Waals surface area (Å²) < 4.78 is 46.9. The number of ether oxygens (including phenoxy) is 1. The number of hydrogen-bond donors (Lipinski definition) is 0. The minimum atomic E-state index is -4.41. The number of aromatic nitrogens is 5. The lowest BCUT2D eigenvalue weighted by molar-refractivity contribution is -0.0934. The zero-order chi connectivity index (χ0) is 25.1. The number of hydrogen-bond acceptors (Lipinski definition) is 6. The standard InChI is InChI=1S/C25H24F3N5O2/c1-12-7-17(10-19(35-12)15-5-6-20(34)33(4)11-15)23-31-21(16-8-18(9-16)25(26,27)28)22-24(32-23)30-14(3)13(2)29-22/h5-6,11-12,17,19H,7-8,10H2,1-4H3/t12-,17+,19-/m1/s1. The molecule has 0 N–H and O–H groups in total. The molecule has 5 rings (SSSR count). The van der Waals surface area contributed by atoms with Gasteiger partial charge in [-0.25, -0.2) is 19.9 Å². The highest BCUT2D eigenvalue weighted by Gasteiger charge is 2.39. The van der Waals surface area contributed by atoms with E-state index in [1.54, 1.807) is 26.2 Å². The van der Waals surface area contributed by atoms with Gasteiger partial charge in [-0.1, -0.05) is 0 Å². The first kappa shape index (κ1) is 23.4. The SMILES string of the molecule is Cc1nc2nc([C@H]3C[C@@H](C)O[C@@H](c4ccc(=O)n(C)c4)C3)nc(C3=C=C(C(F)(F)F)C3)c2nc1C. The van der Waals surface area contributed by atoms with E-state index >= 15 is 0 Å². The van der Waals surface area contributed by atoms with E-state index < -0.39 is 11.7 Å². The highest BCUT2D eigenvalue weighted by Crippen LogP contribution is 2.42. The fraction of sp³-hybridized carbons (Fsp3) is 0.440. The largest absolute Gasteiger partial charge is 0.420 e. The van der Waals surface area contributed by atoms with Crippen LogP contribution in [0.15, 0.2) is 34.4 Å². The Morgan fingerprint density at radius 2 is 1.80 bits per heavy atom. The Bertz CT molecular complexity index is 1470. The lowest BCUT2D eigenvalue weighted by atomic mass is 9.88. The smallest absolute Gasteiger partial charge is 0.370 e. The van der Waals surface area contributed by atoms with Crippen LogP contribution in [-0.2, 0) is 11.8 Å². The Balaban J connectivity index is 1.59. The fourth-order valence-electron chi connectivity index (χ4n) is 4.55. The molecule has 1 aliphatic carbocycles. The summed E-state index contributed by atoms with van der Waals surface area (Å²) in [7, 11) is 1.69. The molecule has 0 saturated carbocycles. The number of fused-ring (bicyclic) bond motifs is 1. The van der Waals surface area contributed by atoms with Gasteiger partial charge in [0, 0.05) is 37.2 Å². The van der Waals surface area contributed by atoms with Gasteiger partial charge in [0.25, 0.3) is 0 Å². The van der Waals surface area contributed by atoms with E-state index in [4.69, 9.17) is 14.7 Å². The third-order valence-corrected chi connectivity index (χ3v) is 6.60. The molecular formula is C25H24F3N5O2. The van der Waals surface area contributed by atoms with Crippen LogP contribution in [-0.4, -0.2) is 36.8 Å². The van der Waals surface area contributed by atoms with Gasteiger partial charge < -0.3 is 9.30 Å². The normalized spacial score (nSPS) is 22.5. The number of nitrogens with zero attached hydrogens (tertiary/aromatic N) is 5. The van der Waals surface area contributed by atoms with Crippen molar-refractivity contribution in [1.29, 1.82) is 0 Å². The molecule has 3 aromatic heterocycles. The second kappa shape index (κ2) is 8.39. The average molecular weight is 483 g/mol. The molecule has 0 aromatic carbocycles. The summed E-state index contributed by atoms with van der Waals surface area (Å²) in [4.78, 5) is 30.3. The second-order valence-corrected chi connectivity index (χ2v) is 9.27. The lowest BCUT2D eigenvalue weighted by Gasteiger charge is -2.33. The fourth-order valence-corrected chi connectivity index (χ4v) is 4.55. The van der Waals surface area contributed by atoms with E-state index in [1.807, 2.05) is 13.8 Å². The van der Waals surface area contributed by atoms with Crippen molar-refractivity contribution < 1.29 is 17.9 Å². The summed E-state index contributed by atoms with van der Waals surface area (Å²) in [5.74, 6) is 0.393. The molecule has 1 fully saturated rings. The van der Waals surface area contributed by atoms with Crippen LogP contribution in [0.3, 0.4) is 0 Å². The van der Waals surface area contributed by atoms with Gasteiger partial charge in [-0.15, -0.1) is 5.73 Å². The highest BCUT2D eigenvalue weighted by atomic mass is 19.4. The van der Waals surface area contributed by atoms with Gasteiger partial charge in [-0.2, -0.15) is 13.2 Å². The monoisotopic (exact) mass is 483 g/mol. The van der Waals surface area contributed by atoms with Crippen LogP contribution in [0.1, 0.15) is 66.7 Å². The zero-order valence-corrected chi connectivity index (χ0v) is 19.8. The molecule has 1 saturated heterocycles. The van der Waals surface area contributed by atoms with Crippen LogP contribution in [0, 0.1) is 13.8 Å². The summed E-state index contributed by atoms with van der Waals surface area (Å²) in [5, 5.41) is 0. The maximum Gasteiger partial charge on any atom is 0.420 e. The summed E-state index contributed by atoms with van der Waals surface area (Å²) in [5.41, 5.74) is 5.33. The first-order valence-electron chi connectivity index (χ1n) is 11.4. The van der Waals surface area contributed by atoms with E-state index in [-0.39, 0.29) is 30.1 Å². The Kier molecular flexibility index (Phi) is 5.61. The van der Waals surface area contributed by atoms with Crippen LogP contribution >= 0.6 is 0 Å². The van der Waals surface area contributed by atoms with Crippen molar-refractivity contribution in [2.75, 3.05) is 0 Å². The van der Waals surface area contributed by atoms with Gasteiger partial charge in [0.05, 0.1) is 29.2 Å². The molecule has 7 nitrogen and oxygen atoms in total. The summed E-state index contributed by atoms with van der Waals surface area (Å²) in [6, 6.07) is 3.26. The van der Waals surface area contributed by atoms with Crippen LogP contribution in [0.25, 0.3) is 16.7 Å². The minimum Gasteiger partial charge on any atom is -0.370 e. The predicted molar refractivity (Wildman–Crippen MR) is 123 cm³/mol. The van der Waals surface area contributed by atoms with Gasteiger partial charge >= 0.3 is 6.18 Å².